The molecule has 0 saturated heterocycles. The van der Waals surface area contributed by atoms with Crippen molar-refractivity contribution in [2.24, 2.45) is 0 Å². The second-order valence-corrected chi connectivity index (χ2v) is 5.88. The number of pyridine rings is 1. The number of aryl methyl sites for hydroxylation is 2. The fourth-order valence-electron chi connectivity index (χ4n) is 2.40. The number of hydrogen-bond donors (Lipinski definition) is 2. The Hall–Kier alpha value is -1.39. The van der Waals surface area contributed by atoms with Crippen LogP contribution in [0.2, 0.25) is 0 Å². The predicted molar refractivity (Wildman–Crippen MR) is 87.8 cm³/mol. The Bertz CT molecular complexity index is 587. The molecule has 4 heteroatoms. The second kappa shape index (κ2) is 6.37. The second-order valence-electron chi connectivity index (χ2n) is 5.09. The average Bonchev–Trinajstić information content (AvgIpc) is 2.43. The highest BCUT2D eigenvalue weighted by atomic mass is 79.9. The number of hydrogen-bond acceptors (Lipinski definition) is 3. The highest BCUT2D eigenvalue weighted by molar-refractivity contribution is 9.10. The number of halogens is 1. The monoisotopic (exact) mass is 333 g/mol. The summed E-state index contributed by atoms with van der Waals surface area (Å²) < 4.78 is 1.18. The van der Waals surface area contributed by atoms with Gasteiger partial charge in [-0.15, -0.1) is 0 Å². The molecule has 0 aliphatic rings. The van der Waals surface area contributed by atoms with Gasteiger partial charge in [0.2, 0.25) is 0 Å². The highest BCUT2D eigenvalue weighted by Crippen LogP contribution is 2.27. The number of nitrogens with two attached hydrogens (primary N) is 1. The van der Waals surface area contributed by atoms with Gasteiger partial charge in [0.05, 0.1) is 0 Å². The van der Waals surface area contributed by atoms with Crippen molar-refractivity contribution in [3.05, 3.63) is 57.3 Å². The standard InChI is InChI=1S/C16H20BrN3/c1-10-6-12(7-11(2)16(10)17)15(19-3)8-13-9-20-5-4-14(13)18/h4-7,9,15,19H,8H2,1-3H3,(H2,18,20). The predicted octanol–water partition coefficient (Wildman–Crippen LogP) is 3.55. The zero-order valence-corrected chi connectivity index (χ0v) is 13.7. The van der Waals surface area contributed by atoms with Crippen LogP contribution in [0.4, 0.5) is 5.69 Å². The van der Waals surface area contributed by atoms with Crippen LogP contribution in [-0.4, -0.2) is 12.0 Å². The zero-order valence-electron chi connectivity index (χ0n) is 12.1. The molecule has 0 aliphatic heterocycles. The molecule has 0 spiro atoms. The van der Waals surface area contributed by atoms with E-state index in [4.69, 9.17) is 5.73 Å². The lowest BCUT2D eigenvalue weighted by molar-refractivity contribution is 0.591. The first kappa shape index (κ1) is 15.0. The first-order valence-corrected chi connectivity index (χ1v) is 7.44. The fourth-order valence-corrected chi connectivity index (χ4v) is 2.62. The maximum atomic E-state index is 6.01. The van der Waals surface area contributed by atoms with E-state index in [1.807, 2.05) is 19.3 Å². The highest BCUT2D eigenvalue weighted by Gasteiger charge is 2.14. The lowest BCUT2D eigenvalue weighted by atomic mass is 9.96. The maximum Gasteiger partial charge on any atom is 0.0378 e. The fraction of sp³-hybridized carbons (Fsp3) is 0.312. The van der Waals surface area contributed by atoms with Crippen LogP contribution in [0, 0.1) is 13.8 Å². The largest absolute Gasteiger partial charge is 0.398 e. The number of rotatable bonds is 4. The molecule has 0 radical (unpaired) electrons. The molecule has 0 fully saturated rings. The summed E-state index contributed by atoms with van der Waals surface area (Å²) in [5.74, 6) is 0. The summed E-state index contributed by atoms with van der Waals surface area (Å²) >= 11 is 3.61. The number of aromatic nitrogens is 1. The van der Waals surface area contributed by atoms with Gasteiger partial charge in [0.1, 0.15) is 0 Å². The van der Waals surface area contributed by atoms with E-state index in [1.165, 1.54) is 21.2 Å². The van der Waals surface area contributed by atoms with Crippen LogP contribution in [0.5, 0.6) is 0 Å². The molecule has 0 amide bonds. The van der Waals surface area contributed by atoms with Gasteiger partial charge in [-0.1, -0.05) is 28.1 Å². The van der Waals surface area contributed by atoms with Crippen molar-refractivity contribution >= 4 is 21.6 Å². The molecule has 2 aromatic rings. The molecule has 1 heterocycles. The van der Waals surface area contributed by atoms with Crippen LogP contribution >= 0.6 is 15.9 Å². The molecule has 1 unspecified atom stereocenters. The van der Waals surface area contributed by atoms with Crippen LogP contribution in [0.3, 0.4) is 0 Å². The molecule has 3 N–H and O–H groups in total. The van der Waals surface area contributed by atoms with E-state index in [9.17, 15) is 0 Å². The van der Waals surface area contributed by atoms with Crippen LogP contribution in [0.1, 0.15) is 28.3 Å². The first-order chi connectivity index (χ1) is 9.52. The van der Waals surface area contributed by atoms with Gasteiger partial charge < -0.3 is 11.1 Å². The van der Waals surface area contributed by atoms with E-state index in [1.54, 1.807) is 6.20 Å². The Morgan fingerprint density at radius 1 is 1.30 bits per heavy atom. The Labute approximate surface area is 128 Å². The lowest BCUT2D eigenvalue weighted by Gasteiger charge is -2.19. The Kier molecular flexibility index (Phi) is 4.78. The van der Waals surface area contributed by atoms with Crippen molar-refractivity contribution in [3.63, 3.8) is 0 Å². The molecular formula is C16H20BrN3. The Morgan fingerprint density at radius 3 is 2.50 bits per heavy atom. The van der Waals surface area contributed by atoms with Crippen molar-refractivity contribution < 1.29 is 0 Å². The van der Waals surface area contributed by atoms with Crippen molar-refractivity contribution in [1.82, 2.24) is 10.3 Å². The molecule has 1 aromatic heterocycles. The molecule has 3 nitrogen and oxygen atoms in total. The molecule has 1 aromatic carbocycles. The number of nitrogens with one attached hydrogen (secondary N) is 1. The summed E-state index contributed by atoms with van der Waals surface area (Å²) in [4.78, 5) is 4.16. The lowest BCUT2D eigenvalue weighted by Crippen LogP contribution is -2.20. The van der Waals surface area contributed by atoms with E-state index in [0.29, 0.717) is 0 Å². The summed E-state index contributed by atoms with van der Waals surface area (Å²) in [5, 5.41) is 3.37. The quantitative estimate of drug-likeness (QED) is 0.899. The van der Waals surface area contributed by atoms with Gasteiger partial charge in [0, 0.05) is 28.6 Å². The van der Waals surface area contributed by atoms with Crippen LogP contribution < -0.4 is 11.1 Å². The van der Waals surface area contributed by atoms with Crippen molar-refractivity contribution in [2.75, 3.05) is 12.8 Å². The summed E-state index contributed by atoms with van der Waals surface area (Å²) in [5.41, 5.74) is 11.7. The van der Waals surface area contributed by atoms with E-state index < -0.39 is 0 Å². The van der Waals surface area contributed by atoms with Gasteiger partial charge in [-0.05, 0) is 55.6 Å². The Balaban J connectivity index is 2.31. The smallest absolute Gasteiger partial charge is 0.0378 e. The minimum Gasteiger partial charge on any atom is -0.398 e. The van der Waals surface area contributed by atoms with Gasteiger partial charge in [-0.25, -0.2) is 0 Å². The van der Waals surface area contributed by atoms with Crippen LogP contribution in [0.15, 0.2) is 35.1 Å². The van der Waals surface area contributed by atoms with Gasteiger partial charge in [0.15, 0.2) is 0 Å². The maximum absolute atomic E-state index is 6.01. The summed E-state index contributed by atoms with van der Waals surface area (Å²) in [6.45, 7) is 4.23. The van der Waals surface area contributed by atoms with Crippen LogP contribution in [-0.2, 0) is 6.42 Å². The van der Waals surface area contributed by atoms with Gasteiger partial charge in [-0.3, -0.25) is 4.98 Å². The third kappa shape index (κ3) is 3.19. The number of nitrogen functional groups attached to an aromatic ring is 1. The minimum absolute atomic E-state index is 0.229. The number of nitrogens with zero attached hydrogens (tertiary/aromatic N) is 1. The van der Waals surface area contributed by atoms with E-state index in [-0.39, 0.29) is 6.04 Å². The topological polar surface area (TPSA) is 50.9 Å². The zero-order chi connectivity index (χ0) is 14.7. The molecule has 0 aliphatic carbocycles. The van der Waals surface area contributed by atoms with E-state index >= 15 is 0 Å². The molecule has 0 bridgehead atoms. The Morgan fingerprint density at radius 2 is 1.95 bits per heavy atom. The van der Waals surface area contributed by atoms with Gasteiger partial charge in [-0.2, -0.15) is 0 Å². The summed E-state index contributed by atoms with van der Waals surface area (Å²) in [6, 6.07) is 6.50. The number of benzene rings is 1. The van der Waals surface area contributed by atoms with Crippen molar-refractivity contribution in [2.45, 2.75) is 26.3 Å². The molecule has 106 valence electrons. The van der Waals surface area contributed by atoms with Crippen molar-refractivity contribution in [1.29, 1.82) is 0 Å². The molecule has 2 rings (SSSR count). The SMILES string of the molecule is CNC(Cc1cnccc1N)c1cc(C)c(Br)c(C)c1. The van der Waals surface area contributed by atoms with E-state index in [2.05, 4.69) is 52.2 Å². The van der Waals surface area contributed by atoms with E-state index in [0.717, 1.165) is 17.7 Å². The molecule has 0 saturated carbocycles. The summed E-state index contributed by atoms with van der Waals surface area (Å²) in [7, 11) is 1.98. The average molecular weight is 334 g/mol. The normalized spacial score (nSPS) is 12.4. The third-order valence-electron chi connectivity index (χ3n) is 3.57. The number of anilines is 1. The third-order valence-corrected chi connectivity index (χ3v) is 4.83. The summed E-state index contributed by atoms with van der Waals surface area (Å²) in [6.07, 6.45) is 4.40. The molecule has 1 atom stereocenters. The van der Waals surface area contributed by atoms with Gasteiger partial charge in [0.25, 0.3) is 0 Å². The minimum atomic E-state index is 0.229. The molecular weight excluding hydrogens is 314 g/mol. The van der Waals surface area contributed by atoms with Gasteiger partial charge >= 0.3 is 0 Å². The van der Waals surface area contributed by atoms with Crippen molar-refractivity contribution in [3.8, 4) is 0 Å². The molecule has 20 heavy (non-hydrogen) atoms. The van der Waals surface area contributed by atoms with Crippen LogP contribution in [0.25, 0.3) is 0 Å². The number of likely N-dealkylation sites (N-methyl/N-ethyl adjacent to an activating group) is 1. The first-order valence-electron chi connectivity index (χ1n) is 6.65.